The van der Waals surface area contributed by atoms with E-state index in [2.05, 4.69) is 112 Å². The lowest BCUT2D eigenvalue weighted by atomic mass is 9.65. The zero-order valence-corrected chi connectivity index (χ0v) is 19.2. The monoisotopic (exact) mass is 487 g/mol. The third-order valence-electron chi connectivity index (χ3n) is 6.81. The number of hydrogen-bond acceptors (Lipinski definition) is 3. The largest absolute Gasteiger partial charge is 0.310 e. The van der Waals surface area contributed by atoms with Gasteiger partial charge in [-0.15, -0.1) is 0 Å². The maximum atomic E-state index is 4.85. The van der Waals surface area contributed by atoms with Gasteiger partial charge < -0.3 is 4.90 Å². The number of aromatic nitrogens is 2. The Balaban J connectivity index is 1.68. The summed E-state index contributed by atoms with van der Waals surface area (Å²) in [7, 11) is 0. The van der Waals surface area contributed by atoms with Crippen molar-refractivity contribution in [3.8, 4) is 11.4 Å². The second-order valence-electron chi connectivity index (χ2n) is 8.40. The van der Waals surface area contributed by atoms with Crippen LogP contribution in [-0.2, 0) is 5.41 Å². The average molecular weight is 488 g/mol. The van der Waals surface area contributed by atoms with Crippen LogP contribution in [0.4, 0.5) is 17.1 Å². The van der Waals surface area contributed by atoms with E-state index >= 15 is 0 Å². The molecule has 1 spiro atoms. The third kappa shape index (κ3) is 2.39. The van der Waals surface area contributed by atoms with Crippen molar-refractivity contribution in [3.63, 3.8) is 0 Å². The molecular weight excluding hydrogens is 470 g/mol. The van der Waals surface area contributed by atoms with Gasteiger partial charge in [-0.25, -0.2) is 0 Å². The lowest BCUT2D eigenvalue weighted by molar-refractivity contribution is 0.748. The van der Waals surface area contributed by atoms with E-state index in [0.717, 1.165) is 27.1 Å². The van der Waals surface area contributed by atoms with Gasteiger partial charge in [0.2, 0.25) is 0 Å². The fourth-order valence-electron chi connectivity index (χ4n) is 5.64. The molecule has 4 heteroatoms. The number of halogens is 1. The van der Waals surface area contributed by atoms with E-state index in [4.69, 9.17) is 9.97 Å². The predicted octanol–water partition coefficient (Wildman–Crippen LogP) is 7.39. The van der Waals surface area contributed by atoms with E-state index in [1.807, 2.05) is 18.5 Å². The highest BCUT2D eigenvalue weighted by Crippen LogP contribution is 2.62. The van der Waals surface area contributed by atoms with Crippen molar-refractivity contribution in [2.24, 2.45) is 0 Å². The van der Waals surface area contributed by atoms with E-state index in [0.29, 0.717) is 0 Å². The summed E-state index contributed by atoms with van der Waals surface area (Å²) in [5.74, 6) is 0. The molecule has 0 saturated heterocycles. The summed E-state index contributed by atoms with van der Waals surface area (Å²) in [6.07, 6.45) is 3.73. The molecule has 0 amide bonds. The van der Waals surface area contributed by atoms with Gasteiger partial charge in [0.25, 0.3) is 0 Å². The molecule has 0 N–H and O–H groups in total. The van der Waals surface area contributed by atoms with Crippen LogP contribution >= 0.6 is 15.9 Å². The van der Waals surface area contributed by atoms with Crippen LogP contribution in [0.2, 0.25) is 0 Å². The van der Waals surface area contributed by atoms with Crippen molar-refractivity contribution in [2.45, 2.75) is 5.41 Å². The SMILES string of the molecule is Brc1cnc2c(c1)C1(c3ccccc3N(c3ccccc3)c3ccccc31)c1cccnc1-2. The van der Waals surface area contributed by atoms with E-state index in [9.17, 15) is 0 Å². The van der Waals surface area contributed by atoms with Gasteiger partial charge in [0, 0.05) is 28.1 Å². The molecule has 5 aromatic rings. The van der Waals surface area contributed by atoms with Crippen molar-refractivity contribution in [1.82, 2.24) is 9.97 Å². The fourth-order valence-corrected chi connectivity index (χ4v) is 5.97. The normalized spacial score (nSPS) is 14.4. The molecule has 3 heterocycles. The second kappa shape index (κ2) is 6.87. The lowest BCUT2D eigenvalue weighted by Crippen LogP contribution is -2.36. The van der Waals surface area contributed by atoms with Crippen molar-refractivity contribution < 1.29 is 0 Å². The summed E-state index contributed by atoms with van der Waals surface area (Å²) < 4.78 is 0.967. The van der Waals surface area contributed by atoms with E-state index in [1.165, 1.54) is 28.1 Å². The Morgan fingerprint density at radius 3 is 1.94 bits per heavy atom. The zero-order chi connectivity index (χ0) is 22.0. The molecule has 0 unspecified atom stereocenters. The van der Waals surface area contributed by atoms with Gasteiger partial charge in [0.1, 0.15) is 0 Å². The van der Waals surface area contributed by atoms with E-state index in [1.54, 1.807) is 0 Å². The molecule has 0 fully saturated rings. The summed E-state index contributed by atoms with van der Waals surface area (Å²) in [6, 6.07) is 34.5. The molecule has 0 bridgehead atoms. The number of hydrogen-bond donors (Lipinski definition) is 0. The van der Waals surface area contributed by atoms with Gasteiger partial charge in [0.15, 0.2) is 0 Å². The Morgan fingerprint density at radius 2 is 1.21 bits per heavy atom. The number of pyridine rings is 2. The molecule has 0 radical (unpaired) electrons. The fraction of sp³-hybridized carbons (Fsp3) is 0.0345. The third-order valence-corrected chi connectivity index (χ3v) is 7.24. The van der Waals surface area contributed by atoms with Gasteiger partial charge >= 0.3 is 0 Å². The number of anilines is 3. The average Bonchev–Trinajstić information content (AvgIpc) is 3.15. The van der Waals surface area contributed by atoms with Crippen LogP contribution in [0.25, 0.3) is 11.4 Å². The first-order chi connectivity index (χ1) is 16.3. The highest BCUT2D eigenvalue weighted by Gasteiger charge is 2.52. The Hall–Kier alpha value is -3.76. The maximum absolute atomic E-state index is 4.85. The second-order valence-corrected chi connectivity index (χ2v) is 9.32. The standard InChI is InChI=1S/C29H18BrN3/c30-19-17-24-28(32-18-19)27-23(13-8-16-31-27)29(24)21-11-4-6-14-25(21)33(20-9-2-1-3-10-20)26-15-7-5-12-22(26)29/h1-18H. The van der Waals surface area contributed by atoms with Gasteiger partial charge in [-0.2, -0.15) is 0 Å². The molecule has 0 saturated carbocycles. The molecule has 1 aliphatic carbocycles. The minimum atomic E-state index is -0.492. The Labute approximate surface area is 200 Å². The van der Waals surface area contributed by atoms with Crippen LogP contribution in [-0.4, -0.2) is 9.97 Å². The smallest absolute Gasteiger partial charge is 0.0938 e. The molecule has 2 aliphatic rings. The maximum Gasteiger partial charge on any atom is 0.0938 e. The minimum absolute atomic E-state index is 0.492. The van der Waals surface area contributed by atoms with Crippen molar-refractivity contribution in [1.29, 1.82) is 0 Å². The number of fused-ring (bicyclic) bond motifs is 9. The number of rotatable bonds is 1. The van der Waals surface area contributed by atoms with Crippen LogP contribution < -0.4 is 4.90 Å². The van der Waals surface area contributed by atoms with Crippen LogP contribution in [0.15, 0.2) is 114 Å². The summed E-state index contributed by atoms with van der Waals surface area (Å²) in [6.45, 7) is 0. The van der Waals surface area contributed by atoms with Crippen LogP contribution in [0.3, 0.4) is 0 Å². The predicted molar refractivity (Wildman–Crippen MR) is 135 cm³/mol. The van der Waals surface area contributed by atoms with Gasteiger partial charge in [0.05, 0.1) is 28.2 Å². The summed E-state index contributed by atoms with van der Waals surface area (Å²) >= 11 is 3.69. The van der Waals surface area contributed by atoms with Crippen molar-refractivity contribution >= 4 is 33.0 Å². The Bertz CT molecular complexity index is 1500. The number of para-hydroxylation sites is 3. The Morgan fingerprint density at radius 1 is 0.606 bits per heavy atom. The first-order valence-electron chi connectivity index (χ1n) is 11.0. The minimum Gasteiger partial charge on any atom is -0.310 e. The van der Waals surface area contributed by atoms with Gasteiger partial charge in [-0.3, -0.25) is 9.97 Å². The number of nitrogens with zero attached hydrogens (tertiary/aromatic N) is 3. The Kier molecular flexibility index (Phi) is 3.91. The summed E-state index contributed by atoms with van der Waals surface area (Å²) in [5, 5.41) is 0. The van der Waals surface area contributed by atoms with E-state index in [-0.39, 0.29) is 0 Å². The molecule has 2 aromatic heterocycles. The molecule has 33 heavy (non-hydrogen) atoms. The van der Waals surface area contributed by atoms with E-state index < -0.39 is 5.41 Å². The van der Waals surface area contributed by atoms with Crippen molar-refractivity contribution in [3.05, 3.63) is 136 Å². The zero-order valence-electron chi connectivity index (χ0n) is 17.6. The van der Waals surface area contributed by atoms with Crippen LogP contribution in [0, 0.1) is 0 Å². The lowest BCUT2D eigenvalue weighted by Gasteiger charge is -2.44. The highest BCUT2D eigenvalue weighted by atomic mass is 79.9. The van der Waals surface area contributed by atoms with Gasteiger partial charge in [-0.1, -0.05) is 60.7 Å². The van der Waals surface area contributed by atoms with Crippen LogP contribution in [0.5, 0.6) is 0 Å². The molecule has 3 nitrogen and oxygen atoms in total. The molecular formula is C29H18BrN3. The van der Waals surface area contributed by atoms with Gasteiger partial charge in [-0.05, 0) is 69.0 Å². The first kappa shape index (κ1) is 18.8. The summed E-state index contributed by atoms with van der Waals surface area (Å²) in [4.78, 5) is 12.0. The number of benzene rings is 3. The first-order valence-corrected chi connectivity index (χ1v) is 11.8. The molecule has 3 aromatic carbocycles. The summed E-state index contributed by atoms with van der Waals surface area (Å²) in [5.41, 5.74) is 9.72. The quantitative estimate of drug-likeness (QED) is 0.241. The topological polar surface area (TPSA) is 29.0 Å². The molecule has 156 valence electrons. The molecule has 7 rings (SSSR count). The van der Waals surface area contributed by atoms with Crippen molar-refractivity contribution in [2.75, 3.05) is 4.90 Å². The highest BCUT2D eigenvalue weighted by molar-refractivity contribution is 9.10. The molecule has 0 atom stereocenters. The van der Waals surface area contributed by atoms with Crippen LogP contribution in [0.1, 0.15) is 22.3 Å². The molecule has 1 aliphatic heterocycles.